The molecule has 0 radical (unpaired) electrons. The van der Waals surface area contributed by atoms with E-state index in [9.17, 15) is 28.6 Å². The minimum atomic E-state index is -3.82. The third kappa shape index (κ3) is 10.3. The number of carbonyl (C=O) groups is 4. The quantitative estimate of drug-likeness (QED) is 0.119. The van der Waals surface area contributed by atoms with Gasteiger partial charge in [0.1, 0.15) is 24.5 Å². The summed E-state index contributed by atoms with van der Waals surface area (Å²) in [6.45, 7) is 1.20. The summed E-state index contributed by atoms with van der Waals surface area (Å²) in [6, 6.07) is 23.9. The van der Waals surface area contributed by atoms with Gasteiger partial charge in [-0.2, -0.15) is 0 Å². The van der Waals surface area contributed by atoms with Gasteiger partial charge >= 0.3 is 18.2 Å². The molecule has 0 heterocycles. The summed E-state index contributed by atoms with van der Waals surface area (Å²) in [5, 5.41) is 5.23. The van der Waals surface area contributed by atoms with E-state index >= 15 is 0 Å². The Hall–Kier alpha value is -4.67. The van der Waals surface area contributed by atoms with Gasteiger partial charge in [-0.15, -0.1) is 0 Å². The van der Waals surface area contributed by atoms with Gasteiger partial charge in [0.2, 0.25) is 13.9 Å². The average molecular weight is 626 g/mol. The summed E-state index contributed by atoms with van der Waals surface area (Å²) >= 11 is 0. The van der Waals surface area contributed by atoms with Gasteiger partial charge in [-0.25, -0.2) is 9.59 Å². The van der Waals surface area contributed by atoms with Crippen LogP contribution in [-0.2, 0) is 48.0 Å². The number of nitrogens with one attached hydrogen (secondary N) is 3. The summed E-state index contributed by atoms with van der Waals surface area (Å²) < 4.78 is 28.2. The highest BCUT2D eigenvalue weighted by atomic mass is 31.1. The Morgan fingerprint density at radius 3 is 1.68 bits per heavy atom. The van der Waals surface area contributed by atoms with Crippen LogP contribution in [0.1, 0.15) is 30.0 Å². The van der Waals surface area contributed by atoms with Gasteiger partial charge in [0.25, 0.3) is 0 Å². The largest absolute Gasteiger partial charge is 0.469 e. The fourth-order valence-corrected chi connectivity index (χ4v) is 5.23. The monoisotopic (exact) mass is 625 g/mol. The molecule has 0 aliphatic rings. The molecule has 4 N–H and O–H groups in total. The first-order valence-electron chi connectivity index (χ1n) is 13.7. The van der Waals surface area contributed by atoms with Crippen LogP contribution >= 0.6 is 8.03 Å². The lowest BCUT2D eigenvalue weighted by Gasteiger charge is -2.37. The molecule has 44 heavy (non-hydrogen) atoms. The Balaban J connectivity index is 1.81. The number of ether oxygens (including phenoxy) is 3. The molecule has 234 valence electrons. The predicted molar refractivity (Wildman–Crippen MR) is 162 cm³/mol. The summed E-state index contributed by atoms with van der Waals surface area (Å²) in [6.07, 6.45) is -2.64. The lowest BCUT2D eigenvalue weighted by atomic mass is 10.0. The number of amides is 3. The van der Waals surface area contributed by atoms with Crippen LogP contribution in [0.3, 0.4) is 0 Å². The molecule has 3 aromatic carbocycles. The topological polar surface area (TPSA) is 169 Å². The van der Waals surface area contributed by atoms with Crippen LogP contribution in [-0.4, -0.2) is 53.4 Å². The zero-order valence-corrected chi connectivity index (χ0v) is 25.4. The molecular weight excluding hydrogens is 589 g/mol. The number of rotatable bonds is 14. The van der Waals surface area contributed by atoms with Crippen LogP contribution in [0.25, 0.3) is 0 Å². The van der Waals surface area contributed by atoms with E-state index in [1.54, 1.807) is 84.9 Å². The van der Waals surface area contributed by atoms with Crippen molar-refractivity contribution < 1.29 is 42.8 Å². The highest BCUT2D eigenvalue weighted by molar-refractivity contribution is 7.40. The van der Waals surface area contributed by atoms with Crippen molar-refractivity contribution in [3.63, 3.8) is 0 Å². The zero-order chi connectivity index (χ0) is 32.0. The molecule has 0 aliphatic carbocycles. The Kier molecular flexibility index (Phi) is 12.9. The molecular formula is C31H36N3O9P. The molecule has 3 unspecified atom stereocenters. The predicted octanol–water partition coefficient (Wildman–Crippen LogP) is 3.68. The van der Waals surface area contributed by atoms with E-state index in [0.717, 1.165) is 12.7 Å². The molecule has 0 fully saturated rings. The normalized spacial score (nSPS) is 14.1. The van der Waals surface area contributed by atoms with Crippen molar-refractivity contribution >= 4 is 32.1 Å². The number of benzene rings is 3. The van der Waals surface area contributed by atoms with Crippen LogP contribution in [0, 0.1) is 0 Å². The van der Waals surface area contributed by atoms with E-state index in [1.165, 1.54) is 6.92 Å². The summed E-state index contributed by atoms with van der Waals surface area (Å²) in [5.74, 6) is -1.81. The summed E-state index contributed by atoms with van der Waals surface area (Å²) in [5.41, 5.74) is 2.10. The van der Waals surface area contributed by atoms with Crippen molar-refractivity contribution in [2.75, 3.05) is 7.11 Å². The highest BCUT2D eigenvalue weighted by Gasteiger charge is 2.47. The van der Waals surface area contributed by atoms with E-state index in [4.69, 9.17) is 14.2 Å². The summed E-state index contributed by atoms with van der Waals surface area (Å²) in [7, 11) is -2.74. The third-order valence-electron chi connectivity index (χ3n) is 6.77. The molecule has 0 saturated carbocycles. The van der Waals surface area contributed by atoms with Gasteiger partial charge in [0.15, 0.2) is 0 Å². The van der Waals surface area contributed by atoms with Crippen molar-refractivity contribution in [1.29, 1.82) is 0 Å². The number of hydrogen-bond acceptors (Lipinski definition) is 8. The van der Waals surface area contributed by atoms with Crippen LogP contribution < -0.4 is 16.0 Å². The number of hydrogen-bond donors (Lipinski definition) is 4. The molecule has 0 aromatic heterocycles. The zero-order valence-electron chi connectivity index (χ0n) is 24.4. The molecule has 3 amide bonds. The second-order valence-corrected chi connectivity index (χ2v) is 11.4. The number of esters is 1. The Labute approximate surface area is 256 Å². The molecule has 3 rings (SSSR count). The van der Waals surface area contributed by atoms with E-state index in [0.29, 0.717) is 11.1 Å². The van der Waals surface area contributed by atoms with Gasteiger partial charge in [0, 0.05) is 6.42 Å². The van der Waals surface area contributed by atoms with E-state index in [2.05, 4.69) is 16.0 Å². The highest BCUT2D eigenvalue weighted by Crippen LogP contribution is 2.39. The number of carbonyl (C=O) groups excluding carboxylic acids is 4. The van der Waals surface area contributed by atoms with Crippen LogP contribution in [0.5, 0.6) is 0 Å². The molecule has 12 nitrogen and oxygen atoms in total. The van der Waals surface area contributed by atoms with E-state index < -0.39 is 55.9 Å². The SMILES string of the molecule is COC(=O)CC(NC(=O)[C@H](Cc1ccccc1)NC(=O)OCc1ccccc1)(C(C)NC(=O)OCc1ccccc1)[PH](=O)O. The van der Waals surface area contributed by atoms with Crippen molar-refractivity contribution in [3.8, 4) is 0 Å². The Bertz CT molecular complexity index is 1410. The van der Waals surface area contributed by atoms with Crippen molar-refractivity contribution in [3.05, 3.63) is 108 Å². The van der Waals surface area contributed by atoms with Crippen molar-refractivity contribution in [2.24, 2.45) is 0 Å². The third-order valence-corrected chi connectivity index (χ3v) is 8.27. The molecule has 4 atom stereocenters. The first-order valence-corrected chi connectivity index (χ1v) is 15.1. The first kappa shape index (κ1) is 33.8. The number of methoxy groups -OCH3 is 1. The number of alkyl carbamates (subject to hydrolysis) is 2. The maximum absolute atomic E-state index is 13.7. The van der Waals surface area contributed by atoms with Gasteiger partial charge in [0.05, 0.1) is 19.6 Å². The lowest BCUT2D eigenvalue weighted by Crippen LogP contribution is -2.63. The molecule has 0 bridgehead atoms. The van der Waals surface area contributed by atoms with Gasteiger partial charge < -0.3 is 35.1 Å². The first-order chi connectivity index (χ1) is 21.1. The average Bonchev–Trinajstić information content (AvgIpc) is 3.03. The maximum atomic E-state index is 13.7. The van der Waals surface area contributed by atoms with Gasteiger partial charge in [-0.3, -0.25) is 14.2 Å². The van der Waals surface area contributed by atoms with Crippen molar-refractivity contribution in [1.82, 2.24) is 16.0 Å². The Morgan fingerprint density at radius 1 is 0.773 bits per heavy atom. The fraction of sp³-hybridized carbons (Fsp3) is 0.290. The standard InChI is InChI=1S/C31H36N3O9P/c1-22(32-29(37)42-20-24-14-8-4-9-15-24)31(44(39)40,19-27(35)41-2)34-28(36)26(18-23-12-6-3-7-13-23)33-30(38)43-21-25-16-10-5-11-17-25/h3-17,22,26,44H,18-21H2,1-2H3,(H,32,37)(H,33,38)(H,34,36)(H,39,40)/t22?,26-,31?/m0/s1. The smallest absolute Gasteiger partial charge is 0.408 e. The van der Waals surface area contributed by atoms with E-state index in [1.807, 2.05) is 6.07 Å². The minimum Gasteiger partial charge on any atom is -0.469 e. The van der Waals surface area contributed by atoms with Crippen LogP contribution in [0.15, 0.2) is 91.0 Å². The molecule has 0 aliphatic heterocycles. The van der Waals surface area contributed by atoms with Gasteiger partial charge in [-0.05, 0) is 23.6 Å². The second-order valence-electron chi connectivity index (χ2n) is 9.89. The lowest BCUT2D eigenvalue weighted by molar-refractivity contribution is -0.142. The Morgan fingerprint density at radius 2 is 1.23 bits per heavy atom. The van der Waals surface area contributed by atoms with Crippen LogP contribution in [0.2, 0.25) is 0 Å². The van der Waals surface area contributed by atoms with Crippen molar-refractivity contribution in [2.45, 2.75) is 50.3 Å². The van der Waals surface area contributed by atoms with E-state index in [-0.39, 0.29) is 19.6 Å². The molecule has 13 heteroatoms. The molecule has 3 aromatic rings. The second kappa shape index (κ2) is 16.8. The molecule has 0 saturated heterocycles. The maximum Gasteiger partial charge on any atom is 0.408 e. The van der Waals surface area contributed by atoms with Crippen LogP contribution in [0.4, 0.5) is 9.59 Å². The van der Waals surface area contributed by atoms with Gasteiger partial charge in [-0.1, -0.05) is 91.0 Å². The fourth-order valence-electron chi connectivity index (χ4n) is 4.26. The summed E-state index contributed by atoms with van der Waals surface area (Å²) in [4.78, 5) is 62.1. The minimum absolute atomic E-state index is 0.0191. The molecule has 0 spiro atoms.